The highest BCUT2D eigenvalue weighted by atomic mass is 32.2. The molecule has 27 heavy (non-hydrogen) atoms. The fraction of sp³-hybridized carbons (Fsp3) is 0.300. The third-order valence-electron chi connectivity index (χ3n) is 3.89. The molecular formula is C20H23NO5S. The zero-order valence-corrected chi connectivity index (χ0v) is 16.4. The Morgan fingerprint density at radius 1 is 1.11 bits per heavy atom. The van der Waals surface area contributed by atoms with Crippen LogP contribution in [-0.4, -0.2) is 37.0 Å². The molecule has 2 N–H and O–H groups in total. The number of nitrogens with one attached hydrogen (secondary N) is 1. The molecule has 2 aromatic carbocycles. The summed E-state index contributed by atoms with van der Waals surface area (Å²) in [4.78, 5) is 23.2. The second-order valence-corrected chi connectivity index (χ2v) is 6.98. The zero-order valence-electron chi connectivity index (χ0n) is 15.6. The Hall–Kier alpha value is -2.67. The van der Waals surface area contributed by atoms with Gasteiger partial charge in [0, 0.05) is 22.8 Å². The molecule has 144 valence electrons. The monoisotopic (exact) mass is 389 g/mol. The number of ether oxygens (including phenoxy) is 2. The van der Waals surface area contributed by atoms with Crippen LogP contribution in [-0.2, 0) is 10.5 Å². The highest BCUT2D eigenvalue weighted by Crippen LogP contribution is 2.30. The number of amides is 1. The van der Waals surface area contributed by atoms with Crippen molar-refractivity contribution in [3.05, 3.63) is 53.1 Å². The molecule has 0 bridgehead atoms. The smallest absolute Gasteiger partial charge is 0.304 e. The molecule has 0 aliphatic heterocycles. The van der Waals surface area contributed by atoms with Gasteiger partial charge in [0.25, 0.3) is 5.91 Å². The number of rotatable bonds is 9. The van der Waals surface area contributed by atoms with Gasteiger partial charge in [-0.1, -0.05) is 12.1 Å². The Kier molecular flexibility index (Phi) is 7.55. The van der Waals surface area contributed by atoms with Gasteiger partial charge in [0.1, 0.15) is 0 Å². The molecule has 0 saturated carbocycles. The molecule has 0 heterocycles. The highest BCUT2D eigenvalue weighted by Gasteiger charge is 2.15. The van der Waals surface area contributed by atoms with Gasteiger partial charge >= 0.3 is 5.97 Å². The van der Waals surface area contributed by atoms with Gasteiger partial charge in [-0.3, -0.25) is 9.59 Å². The van der Waals surface area contributed by atoms with E-state index in [2.05, 4.69) is 5.32 Å². The Morgan fingerprint density at radius 2 is 1.81 bits per heavy atom. The summed E-state index contributed by atoms with van der Waals surface area (Å²) in [5.41, 5.74) is 3.00. The summed E-state index contributed by atoms with van der Waals surface area (Å²) in [6.45, 7) is 1.84. The minimum atomic E-state index is -0.797. The van der Waals surface area contributed by atoms with Crippen molar-refractivity contribution in [2.45, 2.75) is 19.1 Å². The molecule has 0 atom stereocenters. The maximum atomic E-state index is 12.7. The van der Waals surface area contributed by atoms with Gasteiger partial charge in [-0.05, 0) is 42.3 Å². The third kappa shape index (κ3) is 5.92. The number of anilines is 1. The second kappa shape index (κ2) is 9.87. The number of carbonyl (C=O) groups excluding carboxylic acids is 1. The van der Waals surface area contributed by atoms with E-state index in [1.807, 2.05) is 31.2 Å². The van der Waals surface area contributed by atoms with Crippen molar-refractivity contribution in [1.82, 2.24) is 0 Å². The quantitative estimate of drug-likeness (QED) is 0.631. The lowest BCUT2D eigenvalue weighted by atomic mass is 10.1. The summed E-state index contributed by atoms with van der Waals surface area (Å²) in [7, 11) is 3.08. The van der Waals surface area contributed by atoms with Crippen LogP contribution in [0, 0.1) is 6.92 Å². The molecular weight excluding hydrogens is 366 g/mol. The number of benzene rings is 2. The Bertz CT molecular complexity index is 822. The Morgan fingerprint density at radius 3 is 2.48 bits per heavy atom. The fourth-order valence-corrected chi connectivity index (χ4v) is 3.39. The summed E-state index contributed by atoms with van der Waals surface area (Å²) < 4.78 is 10.5. The number of hydrogen-bond acceptors (Lipinski definition) is 5. The molecule has 0 spiro atoms. The normalized spacial score (nSPS) is 10.3. The van der Waals surface area contributed by atoms with E-state index >= 15 is 0 Å². The van der Waals surface area contributed by atoms with Gasteiger partial charge in [-0.25, -0.2) is 0 Å². The summed E-state index contributed by atoms with van der Waals surface area (Å²) in [6, 6.07) is 11.0. The predicted molar refractivity (Wildman–Crippen MR) is 107 cm³/mol. The molecule has 0 saturated heterocycles. The van der Waals surface area contributed by atoms with Crippen LogP contribution in [0.2, 0.25) is 0 Å². The van der Waals surface area contributed by atoms with Crippen molar-refractivity contribution in [1.29, 1.82) is 0 Å². The largest absolute Gasteiger partial charge is 0.493 e. The van der Waals surface area contributed by atoms with Crippen molar-refractivity contribution >= 4 is 29.3 Å². The van der Waals surface area contributed by atoms with Crippen molar-refractivity contribution in [2.75, 3.05) is 25.3 Å². The van der Waals surface area contributed by atoms with Crippen molar-refractivity contribution in [3.63, 3.8) is 0 Å². The number of aryl methyl sites for hydroxylation is 1. The van der Waals surface area contributed by atoms with E-state index in [0.29, 0.717) is 34.3 Å². The van der Waals surface area contributed by atoms with Crippen LogP contribution in [0.5, 0.6) is 11.5 Å². The lowest BCUT2D eigenvalue weighted by molar-refractivity contribution is -0.136. The van der Waals surface area contributed by atoms with Crippen molar-refractivity contribution in [3.8, 4) is 11.5 Å². The first-order valence-electron chi connectivity index (χ1n) is 8.37. The van der Waals surface area contributed by atoms with Crippen LogP contribution < -0.4 is 14.8 Å². The molecule has 0 fully saturated rings. The molecule has 2 aromatic rings. The van der Waals surface area contributed by atoms with E-state index in [1.165, 1.54) is 7.11 Å². The first-order chi connectivity index (χ1) is 12.9. The minimum Gasteiger partial charge on any atom is -0.493 e. The van der Waals surface area contributed by atoms with Crippen LogP contribution in [0.25, 0.3) is 0 Å². The first-order valence-corrected chi connectivity index (χ1v) is 9.52. The van der Waals surface area contributed by atoms with E-state index in [-0.39, 0.29) is 12.3 Å². The number of thioether (sulfide) groups is 1. The zero-order chi connectivity index (χ0) is 19.8. The summed E-state index contributed by atoms with van der Waals surface area (Å²) in [5.74, 6) is 1.28. The first kappa shape index (κ1) is 20.6. The van der Waals surface area contributed by atoms with E-state index in [1.54, 1.807) is 31.0 Å². The molecule has 7 heteroatoms. The molecule has 0 aliphatic rings. The molecule has 0 radical (unpaired) electrons. The molecule has 0 unspecified atom stereocenters. The van der Waals surface area contributed by atoms with Crippen LogP contribution in [0.4, 0.5) is 5.69 Å². The van der Waals surface area contributed by atoms with Gasteiger partial charge in [0.05, 0.1) is 20.6 Å². The number of carbonyl (C=O) groups is 2. The summed E-state index contributed by atoms with van der Waals surface area (Å²) >= 11 is 1.55. The molecule has 2 rings (SSSR count). The van der Waals surface area contributed by atoms with E-state index in [4.69, 9.17) is 14.6 Å². The molecule has 0 aliphatic carbocycles. The number of hydrogen-bond donors (Lipinski definition) is 2. The minimum absolute atomic E-state index is 0.139. The lowest BCUT2D eigenvalue weighted by Gasteiger charge is -2.13. The van der Waals surface area contributed by atoms with Gasteiger partial charge in [0.15, 0.2) is 11.5 Å². The molecule has 0 aromatic heterocycles. The Balaban J connectivity index is 2.07. The van der Waals surface area contributed by atoms with Gasteiger partial charge in [0.2, 0.25) is 0 Å². The van der Waals surface area contributed by atoms with Crippen LogP contribution >= 0.6 is 11.8 Å². The van der Waals surface area contributed by atoms with Gasteiger partial charge in [-0.15, -0.1) is 0 Å². The average Bonchev–Trinajstić information content (AvgIpc) is 2.65. The van der Waals surface area contributed by atoms with Gasteiger partial charge in [-0.2, -0.15) is 11.8 Å². The average molecular weight is 389 g/mol. The lowest BCUT2D eigenvalue weighted by Crippen LogP contribution is -2.14. The maximum absolute atomic E-state index is 12.7. The number of carboxylic acids is 1. The molecule has 1 amide bonds. The van der Waals surface area contributed by atoms with E-state index in [9.17, 15) is 9.59 Å². The SMILES string of the molecule is COc1cc(C)c(C(=O)Nc2cccc(CSCCC(=O)O)c2)cc1OC. The molecule has 6 nitrogen and oxygen atoms in total. The standard InChI is InChI=1S/C20H23NO5S/c1-13-9-17(25-2)18(26-3)11-16(13)20(24)21-15-6-4-5-14(10-15)12-27-8-7-19(22)23/h4-6,9-11H,7-8,12H2,1-3H3,(H,21,24)(H,22,23). The maximum Gasteiger partial charge on any atom is 0.304 e. The number of aliphatic carboxylic acids is 1. The second-order valence-electron chi connectivity index (χ2n) is 5.87. The third-order valence-corrected chi connectivity index (χ3v) is 4.92. The van der Waals surface area contributed by atoms with Crippen molar-refractivity contribution in [2.24, 2.45) is 0 Å². The number of carboxylic acid groups (broad SMARTS) is 1. The summed E-state index contributed by atoms with van der Waals surface area (Å²) in [6.07, 6.45) is 0.139. The van der Waals surface area contributed by atoms with Gasteiger partial charge < -0.3 is 19.9 Å². The topological polar surface area (TPSA) is 84.9 Å². The predicted octanol–water partition coefficient (Wildman–Crippen LogP) is 3.97. The van der Waals surface area contributed by atoms with Crippen LogP contribution in [0.3, 0.4) is 0 Å². The van der Waals surface area contributed by atoms with Crippen molar-refractivity contribution < 1.29 is 24.2 Å². The van der Waals surface area contributed by atoms with Crippen LogP contribution in [0.15, 0.2) is 36.4 Å². The number of methoxy groups -OCH3 is 2. The Labute approximate surface area is 162 Å². The van der Waals surface area contributed by atoms with Crippen LogP contribution in [0.1, 0.15) is 27.9 Å². The van der Waals surface area contributed by atoms with E-state index in [0.717, 1.165) is 11.1 Å². The fourth-order valence-electron chi connectivity index (χ4n) is 2.51. The summed E-state index contributed by atoms with van der Waals surface area (Å²) in [5, 5.41) is 11.6. The van der Waals surface area contributed by atoms with E-state index < -0.39 is 5.97 Å². The highest BCUT2D eigenvalue weighted by molar-refractivity contribution is 7.98.